The Morgan fingerprint density at radius 2 is 1.78 bits per heavy atom. The molecule has 0 unspecified atom stereocenters. The molecule has 0 heterocycles. The molecular weight excluding hydrogens is 585 g/mol. The second-order valence-corrected chi connectivity index (χ2v) is 10.0. The molecule has 0 aromatic heterocycles. The number of rotatable bonds is 11. The van der Waals surface area contributed by atoms with Crippen molar-refractivity contribution in [2.24, 2.45) is 5.10 Å². The first-order valence-electron chi connectivity index (χ1n) is 11.7. The minimum absolute atomic E-state index is 0.389. The van der Waals surface area contributed by atoms with Crippen LogP contribution in [0.15, 0.2) is 65.8 Å². The molecule has 0 bridgehead atoms. The molecule has 3 aromatic carbocycles. The number of aryl methyl sites for hydroxylation is 1. The van der Waals surface area contributed by atoms with E-state index in [4.69, 9.17) is 26.4 Å². The molecule has 0 aliphatic heterocycles. The molecule has 190 valence electrons. The van der Waals surface area contributed by atoms with E-state index in [2.05, 4.69) is 77.4 Å². The standard InChI is InChI=1S/C28H32IN3O3S/c1-19(2)23-11-10-20(3)14-25(23)34-12-13-35-27-24(29)15-22(16-26(27)33-4)18-31-32-28(36)30-17-21-8-6-5-7-9-21/h5-11,14-16,18-19H,12-13,17H2,1-4H3,(H2,30,32,36)/b31-18+. The Kier molecular flexibility index (Phi) is 10.8. The molecule has 2 N–H and O–H groups in total. The van der Waals surface area contributed by atoms with Crippen molar-refractivity contribution in [1.82, 2.24) is 10.7 Å². The summed E-state index contributed by atoms with van der Waals surface area (Å²) in [5.74, 6) is 2.61. The zero-order valence-electron chi connectivity index (χ0n) is 21.0. The number of nitrogens with one attached hydrogen (secondary N) is 2. The fourth-order valence-corrected chi connectivity index (χ4v) is 4.38. The molecule has 0 aliphatic carbocycles. The van der Waals surface area contributed by atoms with Crippen molar-refractivity contribution in [2.45, 2.75) is 33.2 Å². The highest BCUT2D eigenvalue weighted by molar-refractivity contribution is 14.1. The monoisotopic (exact) mass is 617 g/mol. The average Bonchev–Trinajstić information content (AvgIpc) is 2.86. The van der Waals surface area contributed by atoms with Gasteiger partial charge in [0.2, 0.25) is 0 Å². The molecule has 0 saturated carbocycles. The third-order valence-electron chi connectivity index (χ3n) is 5.31. The van der Waals surface area contributed by atoms with Gasteiger partial charge in [-0.2, -0.15) is 5.10 Å². The van der Waals surface area contributed by atoms with E-state index in [-0.39, 0.29) is 0 Å². The van der Waals surface area contributed by atoms with Crippen LogP contribution in [0.2, 0.25) is 0 Å². The van der Waals surface area contributed by atoms with Gasteiger partial charge in [-0.05, 0) is 88.1 Å². The van der Waals surface area contributed by atoms with E-state index in [0.717, 1.165) is 20.4 Å². The molecule has 0 spiro atoms. The van der Waals surface area contributed by atoms with Crippen LogP contribution in [0.25, 0.3) is 0 Å². The first-order valence-corrected chi connectivity index (χ1v) is 13.2. The van der Waals surface area contributed by atoms with Gasteiger partial charge in [0, 0.05) is 6.54 Å². The van der Waals surface area contributed by atoms with Gasteiger partial charge in [0.15, 0.2) is 16.6 Å². The van der Waals surface area contributed by atoms with Gasteiger partial charge < -0.3 is 19.5 Å². The summed E-state index contributed by atoms with van der Waals surface area (Å²) in [5, 5.41) is 7.82. The fraction of sp³-hybridized carbons (Fsp3) is 0.286. The SMILES string of the molecule is COc1cc(/C=N/NC(=S)NCc2ccccc2)cc(I)c1OCCOc1cc(C)ccc1C(C)C. The maximum Gasteiger partial charge on any atom is 0.187 e. The van der Waals surface area contributed by atoms with Crippen LogP contribution in [0.4, 0.5) is 0 Å². The number of methoxy groups -OCH3 is 1. The van der Waals surface area contributed by atoms with Crippen LogP contribution in [-0.4, -0.2) is 31.7 Å². The van der Waals surface area contributed by atoms with Crippen LogP contribution in [-0.2, 0) is 6.54 Å². The lowest BCUT2D eigenvalue weighted by Gasteiger charge is -2.16. The van der Waals surface area contributed by atoms with Crippen LogP contribution >= 0.6 is 34.8 Å². The van der Waals surface area contributed by atoms with Crippen molar-refractivity contribution in [3.05, 3.63) is 86.5 Å². The maximum absolute atomic E-state index is 6.05. The van der Waals surface area contributed by atoms with E-state index in [0.29, 0.717) is 42.3 Å². The van der Waals surface area contributed by atoms with E-state index < -0.39 is 0 Å². The molecule has 0 saturated heterocycles. The van der Waals surface area contributed by atoms with Gasteiger partial charge in [0.05, 0.1) is 16.9 Å². The predicted octanol–water partition coefficient (Wildman–Crippen LogP) is 6.19. The second-order valence-electron chi connectivity index (χ2n) is 8.47. The molecule has 3 rings (SSSR count). The lowest BCUT2D eigenvalue weighted by atomic mass is 10.0. The average molecular weight is 618 g/mol. The number of hydrogen-bond donors (Lipinski definition) is 2. The van der Waals surface area contributed by atoms with Crippen molar-refractivity contribution in [3.8, 4) is 17.2 Å². The Balaban J connectivity index is 1.53. The Morgan fingerprint density at radius 3 is 2.50 bits per heavy atom. The van der Waals surface area contributed by atoms with E-state index in [9.17, 15) is 0 Å². The Hall–Kier alpha value is -2.85. The summed E-state index contributed by atoms with van der Waals surface area (Å²) in [5.41, 5.74) is 7.22. The number of ether oxygens (including phenoxy) is 3. The lowest BCUT2D eigenvalue weighted by Crippen LogP contribution is -2.31. The quantitative estimate of drug-likeness (QED) is 0.0881. The molecule has 3 aromatic rings. The molecule has 0 fully saturated rings. The van der Waals surface area contributed by atoms with Gasteiger partial charge in [-0.15, -0.1) is 0 Å². The number of nitrogens with zero attached hydrogens (tertiary/aromatic N) is 1. The largest absolute Gasteiger partial charge is 0.493 e. The molecule has 8 heteroatoms. The zero-order chi connectivity index (χ0) is 25.9. The summed E-state index contributed by atoms with van der Waals surface area (Å²) in [7, 11) is 1.62. The number of thiocarbonyl (C=S) groups is 1. The normalized spacial score (nSPS) is 10.9. The van der Waals surface area contributed by atoms with Gasteiger partial charge in [-0.1, -0.05) is 56.3 Å². The van der Waals surface area contributed by atoms with Crippen LogP contribution in [0.1, 0.15) is 42.0 Å². The van der Waals surface area contributed by atoms with E-state index in [1.165, 1.54) is 11.1 Å². The zero-order valence-corrected chi connectivity index (χ0v) is 24.0. The molecule has 0 amide bonds. The maximum atomic E-state index is 6.05. The Labute approximate surface area is 232 Å². The lowest BCUT2D eigenvalue weighted by molar-refractivity contribution is 0.209. The molecule has 0 radical (unpaired) electrons. The van der Waals surface area contributed by atoms with Crippen molar-refractivity contribution < 1.29 is 14.2 Å². The predicted molar refractivity (Wildman–Crippen MR) is 159 cm³/mol. The fourth-order valence-electron chi connectivity index (χ4n) is 3.48. The summed E-state index contributed by atoms with van der Waals surface area (Å²) >= 11 is 7.53. The summed E-state index contributed by atoms with van der Waals surface area (Å²) < 4.78 is 18.6. The summed E-state index contributed by atoms with van der Waals surface area (Å²) in [6, 6.07) is 20.2. The highest BCUT2D eigenvalue weighted by Crippen LogP contribution is 2.34. The first-order chi connectivity index (χ1) is 17.4. The Bertz CT molecular complexity index is 1190. The van der Waals surface area contributed by atoms with Crippen LogP contribution in [0.3, 0.4) is 0 Å². The molecule has 6 nitrogen and oxygen atoms in total. The second kappa shape index (κ2) is 14.0. The molecule has 0 aliphatic rings. The van der Waals surface area contributed by atoms with E-state index in [1.54, 1.807) is 13.3 Å². The number of hydrogen-bond acceptors (Lipinski definition) is 5. The van der Waals surface area contributed by atoms with Crippen molar-refractivity contribution >= 4 is 46.1 Å². The van der Waals surface area contributed by atoms with Gasteiger partial charge >= 0.3 is 0 Å². The topological polar surface area (TPSA) is 64.1 Å². The van der Waals surface area contributed by atoms with Crippen LogP contribution in [0.5, 0.6) is 17.2 Å². The van der Waals surface area contributed by atoms with Gasteiger partial charge in [0.25, 0.3) is 0 Å². The number of hydrazone groups is 1. The van der Waals surface area contributed by atoms with Gasteiger partial charge in [0.1, 0.15) is 19.0 Å². The smallest absolute Gasteiger partial charge is 0.187 e. The minimum Gasteiger partial charge on any atom is -0.493 e. The first kappa shape index (κ1) is 27.7. The summed E-state index contributed by atoms with van der Waals surface area (Å²) in [6.07, 6.45) is 1.69. The van der Waals surface area contributed by atoms with Crippen LogP contribution in [0, 0.1) is 10.5 Å². The van der Waals surface area contributed by atoms with Crippen molar-refractivity contribution in [3.63, 3.8) is 0 Å². The summed E-state index contributed by atoms with van der Waals surface area (Å²) in [6.45, 7) is 7.85. The molecule has 36 heavy (non-hydrogen) atoms. The van der Waals surface area contributed by atoms with E-state index >= 15 is 0 Å². The molecule has 0 atom stereocenters. The van der Waals surface area contributed by atoms with Gasteiger partial charge in [-0.25, -0.2) is 0 Å². The Morgan fingerprint density at radius 1 is 1.03 bits per heavy atom. The highest BCUT2D eigenvalue weighted by Gasteiger charge is 2.12. The minimum atomic E-state index is 0.389. The third-order valence-corrected chi connectivity index (χ3v) is 6.34. The third kappa shape index (κ3) is 8.37. The molecular formula is C28H32IN3O3S. The van der Waals surface area contributed by atoms with Gasteiger partial charge in [-0.3, -0.25) is 5.43 Å². The number of benzene rings is 3. The van der Waals surface area contributed by atoms with Crippen molar-refractivity contribution in [1.29, 1.82) is 0 Å². The summed E-state index contributed by atoms with van der Waals surface area (Å²) in [4.78, 5) is 0. The number of halogens is 1. The van der Waals surface area contributed by atoms with Crippen LogP contribution < -0.4 is 25.0 Å². The van der Waals surface area contributed by atoms with E-state index in [1.807, 2.05) is 42.5 Å². The highest BCUT2D eigenvalue weighted by atomic mass is 127. The van der Waals surface area contributed by atoms with Crippen molar-refractivity contribution in [2.75, 3.05) is 20.3 Å².